The number of ether oxygens (including phenoxy) is 1. The summed E-state index contributed by atoms with van der Waals surface area (Å²) < 4.78 is 5.65. The molecule has 0 spiro atoms. The number of Topliss-reactive ketones (excluding diaryl/α,β-unsaturated/α-hetero) is 1. The van der Waals surface area contributed by atoms with Crippen LogP contribution in [0.4, 0.5) is 0 Å². The van der Waals surface area contributed by atoms with E-state index < -0.39 is 0 Å². The highest BCUT2D eigenvalue weighted by atomic mass is 32.2. The number of hydrogen-bond acceptors (Lipinski definition) is 4. The molecule has 2 rings (SSSR count). The van der Waals surface area contributed by atoms with Crippen molar-refractivity contribution in [3.05, 3.63) is 29.3 Å². The smallest absolute Gasteiger partial charge is 0.230 e. The predicted molar refractivity (Wildman–Crippen MR) is 108 cm³/mol. The van der Waals surface area contributed by atoms with Crippen LogP contribution in [0.2, 0.25) is 0 Å². The first kappa shape index (κ1) is 20.8. The van der Waals surface area contributed by atoms with Crippen molar-refractivity contribution in [3.63, 3.8) is 0 Å². The molecule has 1 amide bonds. The molecular weight excluding hydrogens is 346 g/mol. The minimum Gasteiger partial charge on any atom is -0.494 e. The van der Waals surface area contributed by atoms with Gasteiger partial charge in [0.15, 0.2) is 5.78 Å². The molecule has 1 aliphatic rings. The molecule has 5 heteroatoms. The van der Waals surface area contributed by atoms with E-state index in [9.17, 15) is 9.59 Å². The number of benzene rings is 1. The lowest BCUT2D eigenvalue weighted by Crippen LogP contribution is -2.44. The number of hydrogen-bond donors (Lipinski definition) is 1. The largest absolute Gasteiger partial charge is 0.494 e. The number of rotatable bonds is 8. The molecule has 1 aromatic rings. The van der Waals surface area contributed by atoms with Crippen molar-refractivity contribution in [2.24, 2.45) is 11.8 Å². The molecule has 0 aliphatic heterocycles. The van der Waals surface area contributed by atoms with Crippen LogP contribution in [0.3, 0.4) is 0 Å². The van der Waals surface area contributed by atoms with Gasteiger partial charge in [-0.15, -0.1) is 11.8 Å². The van der Waals surface area contributed by atoms with Crippen molar-refractivity contribution in [2.75, 3.05) is 12.4 Å². The van der Waals surface area contributed by atoms with Crippen molar-refractivity contribution in [1.29, 1.82) is 0 Å². The molecule has 144 valence electrons. The average Bonchev–Trinajstić information content (AvgIpc) is 2.60. The third-order valence-electron chi connectivity index (χ3n) is 5.31. The molecule has 0 aromatic heterocycles. The van der Waals surface area contributed by atoms with E-state index in [2.05, 4.69) is 19.2 Å². The SMILES string of the molecule is CCOc1ccc(C(C)=O)cc1CSCC(=O)N[C@@H]1CCC[C@H](C)[C@H]1C. The van der Waals surface area contributed by atoms with E-state index in [0.29, 0.717) is 41.6 Å². The van der Waals surface area contributed by atoms with Gasteiger partial charge in [-0.1, -0.05) is 26.7 Å². The number of amides is 1. The van der Waals surface area contributed by atoms with Crippen molar-refractivity contribution in [1.82, 2.24) is 5.32 Å². The Morgan fingerprint density at radius 3 is 2.73 bits per heavy atom. The van der Waals surface area contributed by atoms with Crippen molar-refractivity contribution >= 4 is 23.5 Å². The summed E-state index contributed by atoms with van der Waals surface area (Å²) >= 11 is 1.56. The van der Waals surface area contributed by atoms with Crippen LogP contribution in [-0.2, 0) is 10.5 Å². The van der Waals surface area contributed by atoms with E-state index in [1.165, 1.54) is 12.8 Å². The van der Waals surface area contributed by atoms with Gasteiger partial charge in [-0.3, -0.25) is 9.59 Å². The van der Waals surface area contributed by atoms with Gasteiger partial charge in [-0.25, -0.2) is 0 Å². The highest BCUT2D eigenvalue weighted by Crippen LogP contribution is 2.30. The Morgan fingerprint density at radius 1 is 1.27 bits per heavy atom. The van der Waals surface area contributed by atoms with Gasteiger partial charge in [-0.05, 0) is 50.3 Å². The third kappa shape index (κ3) is 5.76. The van der Waals surface area contributed by atoms with Crippen LogP contribution in [-0.4, -0.2) is 30.1 Å². The fourth-order valence-corrected chi connectivity index (χ4v) is 4.31. The minimum absolute atomic E-state index is 0.0393. The maximum Gasteiger partial charge on any atom is 0.230 e. The second-order valence-electron chi connectivity index (χ2n) is 7.25. The van der Waals surface area contributed by atoms with E-state index in [1.807, 2.05) is 19.1 Å². The quantitative estimate of drug-likeness (QED) is 0.680. The lowest BCUT2D eigenvalue weighted by Gasteiger charge is -2.34. The van der Waals surface area contributed by atoms with Gasteiger partial charge in [0.05, 0.1) is 12.4 Å². The molecule has 0 heterocycles. The molecular formula is C21H31NO3S. The number of carbonyl (C=O) groups is 2. The Balaban J connectivity index is 1.89. The van der Waals surface area contributed by atoms with Crippen molar-refractivity contribution in [2.45, 2.75) is 58.8 Å². The summed E-state index contributed by atoms with van der Waals surface area (Å²) in [5.41, 5.74) is 1.65. The van der Waals surface area contributed by atoms with Crippen molar-refractivity contribution in [3.8, 4) is 5.75 Å². The molecule has 26 heavy (non-hydrogen) atoms. The van der Waals surface area contributed by atoms with E-state index >= 15 is 0 Å². The molecule has 1 aromatic carbocycles. The molecule has 4 nitrogen and oxygen atoms in total. The van der Waals surface area contributed by atoms with E-state index in [4.69, 9.17) is 4.74 Å². The zero-order valence-corrected chi connectivity index (χ0v) is 17.2. The average molecular weight is 378 g/mol. The summed E-state index contributed by atoms with van der Waals surface area (Å²) in [6.07, 6.45) is 3.53. The monoisotopic (exact) mass is 377 g/mol. The lowest BCUT2D eigenvalue weighted by molar-refractivity contribution is -0.120. The zero-order valence-electron chi connectivity index (χ0n) is 16.3. The summed E-state index contributed by atoms with van der Waals surface area (Å²) in [4.78, 5) is 23.9. The molecule has 0 bridgehead atoms. The Labute approximate surface area is 161 Å². The van der Waals surface area contributed by atoms with E-state index in [-0.39, 0.29) is 11.7 Å². The van der Waals surface area contributed by atoms with Gasteiger partial charge >= 0.3 is 0 Å². The first-order chi connectivity index (χ1) is 12.4. The summed E-state index contributed by atoms with van der Waals surface area (Å²) in [5.74, 6) is 3.21. The van der Waals surface area contributed by atoms with Crippen LogP contribution < -0.4 is 10.1 Å². The minimum atomic E-state index is 0.0393. The molecule has 1 saturated carbocycles. The lowest BCUT2D eigenvalue weighted by atomic mass is 9.78. The fourth-order valence-electron chi connectivity index (χ4n) is 3.50. The van der Waals surface area contributed by atoms with Gasteiger partial charge in [0.1, 0.15) is 5.75 Å². The summed E-state index contributed by atoms with van der Waals surface area (Å²) in [5, 5.41) is 3.21. The van der Waals surface area contributed by atoms with Gasteiger partial charge in [0, 0.05) is 22.9 Å². The first-order valence-corrected chi connectivity index (χ1v) is 10.7. The second-order valence-corrected chi connectivity index (χ2v) is 8.23. The Morgan fingerprint density at radius 2 is 2.04 bits per heavy atom. The van der Waals surface area contributed by atoms with E-state index in [0.717, 1.165) is 17.7 Å². The Bertz CT molecular complexity index is 632. The van der Waals surface area contributed by atoms with Gasteiger partial charge in [-0.2, -0.15) is 0 Å². The maximum absolute atomic E-state index is 12.3. The zero-order chi connectivity index (χ0) is 19.1. The molecule has 0 radical (unpaired) electrons. The third-order valence-corrected chi connectivity index (χ3v) is 6.29. The second kappa shape index (κ2) is 10.0. The molecule has 0 unspecified atom stereocenters. The molecule has 3 atom stereocenters. The Hall–Kier alpha value is -1.49. The topological polar surface area (TPSA) is 55.4 Å². The van der Waals surface area contributed by atoms with Gasteiger partial charge in [0.25, 0.3) is 0 Å². The van der Waals surface area contributed by atoms with Gasteiger partial charge < -0.3 is 10.1 Å². The maximum atomic E-state index is 12.3. The summed E-state index contributed by atoms with van der Waals surface area (Å²) in [7, 11) is 0. The van der Waals surface area contributed by atoms with Gasteiger partial charge in [0.2, 0.25) is 5.91 Å². The van der Waals surface area contributed by atoms with Crippen LogP contribution in [0, 0.1) is 11.8 Å². The number of carbonyl (C=O) groups excluding carboxylic acids is 2. The summed E-state index contributed by atoms with van der Waals surface area (Å²) in [6, 6.07) is 5.82. The van der Waals surface area contributed by atoms with Crippen LogP contribution in [0.5, 0.6) is 5.75 Å². The van der Waals surface area contributed by atoms with Crippen LogP contribution in [0.1, 0.15) is 62.9 Å². The number of nitrogens with one attached hydrogen (secondary N) is 1. The molecule has 1 fully saturated rings. The van der Waals surface area contributed by atoms with Crippen LogP contribution in [0.15, 0.2) is 18.2 Å². The summed E-state index contributed by atoms with van der Waals surface area (Å²) in [6.45, 7) is 8.59. The van der Waals surface area contributed by atoms with Crippen LogP contribution in [0.25, 0.3) is 0 Å². The Kier molecular flexibility index (Phi) is 8.01. The number of thioether (sulfide) groups is 1. The first-order valence-electron chi connectivity index (χ1n) is 9.56. The molecule has 1 aliphatic carbocycles. The van der Waals surface area contributed by atoms with Crippen molar-refractivity contribution < 1.29 is 14.3 Å². The fraction of sp³-hybridized carbons (Fsp3) is 0.619. The predicted octanol–water partition coefficient (Wildman–Crippen LogP) is 4.46. The highest BCUT2D eigenvalue weighted by Gasteiger charge is 2.27. The van der Waals surface area contributed by atoms with E-state index in [1.54, 1.807) is 24.8 Å². The normalized spacial score (nSPS) is 22.7. The molecule has 0 saturated heterocycles. The standard InChI is InChI=1S/C21H31NO3S/c1-5-25-20-10-9-17(16(4)23)11-18(20)12-26-13-21(24)22-19-8-6-7-14(2)15(19)3/h9-11,14-15,19H,5-8,12-13H2,1-4H3,(H,22,24)/t14-,15+,19+/m0/s1. The number of ketones is 1. The molecule has 1 N–H and O–H groups in total. The highest BCUT2D eigenvalue weighted by molar-refractivity contribution is 7.99. The van der Waals surface area contributed by atoms with Crippen LogP contribution >= 0.6 is 11.8 Å².